The molecule has 0 bridgehead atoms. The fourth-order valence-corrected chi connectivity index (χ4v) is 3.59. The van der Waals surface area contributed by atoms with Crippen LogP contribution in [0.3, 0.4) is 0 Å². The first-order valence-corrected chi connectivity index (χ1v) is 6.95. The minimum absolute atomic E-state index is 0.175. The molecular weight excluding hydrogens is 256 g/mol. The number of aliphatic carboxylic acids is 1. The second-order valence-electron chi connectivity index (χ2n) is 5.49. The zero-order valence-corrected chi connectivity index (χ0v) is 11.1. The van der Waals surface area contributed by atoms with E-state index in [4.69, 9.17) is 0 Å². The molecular formula is C14H16N4O2. The molecule has 3 rings (SSSR count). The highest BCUT2D eigenvalue weighted by Crippen LogP contribution is 2.42. The lowest BCUT2D eigenvalue weighted by molar-refractivity contribution is -0.138. The van der Waals surface area contributed by atoms with Crippen LogP contribution in [-0.2, 0) is 4.79 Å². The minimum atomic E-state index is -0.839. The number of anilines is 1. The molecule has 3 unspecified atom stereocenters. The Kier molecular flexibility index (Phi) is 3.26. The van der Waals surface area contributed by atoms with Gasteiger partial charge in [0.05, 0.1) is 11.8 Å². The van der Waals surface area contributed by atoms with Crippen LogP contribution in [0.4, 0.5) is 5.82 Å². The maximum atomic E-state index is 11.6. The van der Waals surface area contributed by atoms with Crippen molar-refractivity contribution in [1.82, 2.24) is 10.2 Å². The summed E-state index contributed by atoms with van der Waals surface area (Å²) >= 11 is 0. The van der Waals surface area contributed by atoms with Crippen LogP contribution in [0.2, 0.25) is 0 Å². The van der Waals surface area contributed by atoms with Crippen molar-refractivity contribution >= 4 is 11.8 Å². The van der Waals surface area contributed by atoms with Crippen LogP contribution in [0, 0.1) is 17.2 Å². The summed E-state index contributed by atoms with van der Waals surface area (Å²) in [4.78, 5) is 13.4. The van der Waals surface area contributed by atoms with Crippen LogP contribution in [0.5, 0.6) is 0 Å². The maximum Gasteiger partial charge on any atom is 0.326 e. The molecule has 1 N–H and O–H groups in total. The van der Waals surface area contributed by atoms with E-state index in [1.54, 1.807) is 6.07 Å². The molecule has 1 aromatic heterocycles. The quantitative estimate of drug-likeness (QED) is 0.878. The molecule has 2 heterocycles. The third-order valence-electron chi connectivity index (χ3n) is 4.44. The number of carboxylic acids is 1. The van der Waals surface area contributed by atoms with Gasteiger partial charge in [-0.25, -0.2) is 4.79 Å². The summed E-state index contributed by atoms with van der Waals surface area (Å²) in [6.45, 7) is 0. The average Bonchev–Trinajstić information content (AvgIpc) is 2.86. The van der Waals surface area contributed by atoms with Gasteiger partial charge in [-0.1, -0.05) is 12.8 Å². The van der Waals surface area contributed by atoms with E-state index in [2.05, 4.69) is 16.3 Å². The second-order valence-corrected chi connectivity index (χ2v) is 5.49. The maximum absolute atomic E-state index is 11.6. The molecule has 1 aromatic rings. The van der Waals surface area contributed by atoms with E-state index in [9.17, 15) is 15.2 Å². The van der Waals surface area contributed by atoms with Gasteiger partial charge in [0, 0.05) is 6.04 Å². The Morgan fingerprint density at radius 3 is 3.00 bits per heavy atom. The van der Waals surface area contributed by atoms with Crippen molar-refractivity contribution in [3.8, 4) is 6.07 Å². The first-order chi connectivity index (χ1) is 9.72. The smallest absolute Gasteiger partial charge is 0.326 e. The van der Waals surface area contributed by atoms with Gasteiger partial charge in [-0.15, -0.1) is 5.10 Å². The van der Waals surface area contributed by atoms with Gasteiger partial charge in [0.25, 0.3) is 0 Å². The zero-order chi connectivity index (χ0) is 14.1. The molecule has 0 radical (unpaired) electrons. The molecule has 6 nitrogen and oxygen atoms in total. The molecule has 1 saturated heterocycles. The van der Waals surface area contributed by atoms with Gasteiger partial charge in [0.1, 0.15) is 12.1 Å². The van der Waals surface area contributed by atoms with Crippen LogP contribution in [-0.4, -0.2) is 33.4 Å². The van der Waals surface area contributed by atoms with Gasteiger partial charge in [0.2, 0.25) is 0 Å². The first kappa shape index (κ1) is 12.9. The van der Waals surface area contributed by atoms with Crippen molar-refractivity contribution in [2.24, 2.45) is 5.92 Å². The Morgan fingerprint density at radius 1 is 1.45 bits per heavy atom. The SMILES string of the molecule is N#Cc1ccnnc1N1C(C(=O)O)CC2CCCCC21. The van der Waals surface area contributed by atoms with E-state index < -0.39 is 12.0 Å². The van der Waals surface area contributed by atoms with Crippen molar-refractivity contribution in [1.29, 1.82) is 5.26 Å². The molecule has 0 aromatic carbocycles. The number of nitriles is 1. The lowest BCUT2D eigenvalue weighted by atomic mass is 9.84. The minimum Gasteiger partial charge on any atom is -0.480 e. The predicted molar refractivity (Wildman–Crippen MR) is 71.0 cm³/mol. The summed E-state index contributed by atoms with van der Waals surface area (Å²) in [6.07, 6.45) is 6.40. The molecule has 6 heteroatoms. The van der Waals surface area contributed by atoms with Crippen LogP contribution >= 0.6 is 0 Å². The second kappa shape index (κ2) is 5.08. The topological polar surface area (TPSA) is 90.1 Å². The van der Waals surface area contributed by atoms with Crippen molar-refractivity contribution in [3.05, 3.63) is 17.8 Å². The Labute approximate surface area is 117 Å². The van der Waals surface area contributed by atoms with Gasteiger partial charge in [-0.05, 0) is 31.2 Å². The highest BCUT2D eigenvalue weighted by molar-refractivity contribution is 5.79. The molecule has 3 atom stereocenters. The number of rotatable bonds is 2. The normalized spacial score (nSPS) is 28.8. The van der Waals surface area contributed by atoms with Crippen molar-refractivity contribution in [2.45, 2.75) is 44.2 Å². The summed E-state index contributed by atoms with van der Waals surface area (Å²) in [6, 6.07) is 3.27. The van der Waals surface area contributed by atoms with Crippen molar-refractivity contribution in [3.63, 3.8) is 0 Å². The van der Waals surface area contributed by atoms with E-state index in [1.807, 2.05) is 4.90 Å². The summed E-state index contributed by atoms with van der Waals surface area (Å²) < 4.78 is 0. The summed E-state index contributed by atoms with van der Waals surface area (Å²) in [7, 11) is 0. The number of aromatic nitrogens is 2. The third kappa shape index (κ3) is 1.99. The molecule has 0 spiro atoms. The van der Waals surface area contributed by atoms with Crippen LogP contribution in [0.25, 0.3) is 0 Å². The highest BCUT2D eigenvalue weighted by Gasteiger charge is 2.46. The average molecular weight is 272 g/mol. The summed E-state index contributed by atoms with van der Waals surface area (Å²) in [5.41, 5.74) is 0.400. The molecule has 104 valence electrons. The van der Waals surface area contributed by atoms with Crippen LogP contribution in [0.15, 0.2) is 12.3 Å². The summed E-state index contributed by atoms with van der Waals surface area (Å²) in [5, 5.41) is 26.6. The van der Waals surface area contributed by atoms with Gasteiger partial charge < -0.3 is 10.0 Å². The molecule has 1 aliphatic heterocycles. The van der Waals surface area contributed by atoms with Gasteiger partial charge >= 0.3 is 5.97 Å². The standard InChI is InChI=1S/C14H16N4O2/c15-8-10-5-6-16-17-13(10)18-11-4-2-1-3-9(11)7-12(18)14(19)20/h5-6,9,11-12H,1-4,7H2,(H,19,20). The van der Waals surface area contributed by atoms with E-state index >= 15 is 0 Å². The Balaban J connectivity index is 2.03. The van der Waals surface area contributed by atoms with E-state index in [0.29, 0.717) is 23.7 Å². The van der Waals surface area contributed by atoms with Crippen molar-refractivity contribution < 1.29 is 9.90 Å². The number of hydrogen-bond donors (Lipinski definition) is 1. The fraction of sp³-hybridized carbons (Fsp3) is 0.571. The monoisotopic (exact) mass is 272 g/mol. The zero-order valence-electron chi connectivity index (χ0n) is 11.1. The Morgan fingerprint density at radius 2 is 2.25 bits per heavy atom. The highest BCUT2D eigenvalue weighted by atomic mass is 16.4. The first-order valence-electron chi connectivity index (χ1n) is 6.95. The molecule has 0 amide bonds. The molecule has 1 aliphatic carbocycles. The molecule has 2 fully saturated rings. The Hall–Kier alpha value is -2.16. The van der Waals surface area contributed by atoms with Gasteiger partial charge in [-0.2, -0.15) is 10.4 Å². The van der Waals surface area contributed by atoms with Crippen LogP contribution < -0.4 is 4.90 Å². The van der Waals surface area contributed by atoms with Gasteiger partial charge in [-0.3, -0.25) is 0 Å². The number of carboxylic acid groups (broad SMARTS) is 1. The number of hydrogen-bond acceptors (Lipinski definition) is 5. The lowest BCUT2D eigenvalue weighted by Gasteiger charge is -2.33. The number of carbonyl (C=O) groups is 1. The lowest BCUT2D eigenvalue weighted by Crippen LogP contribution is -2.43. The van der Waals surface area contributed by atoms with Gasteiger partial charge in [0.15, 0.2) is 5.82 Å². The molecule has 1 saturated carbocycles. The molecule has 2 aliphatic rings. The largest absolute Gasteiger partial charge is 0.480 e. The number of nitrogens with zero attached hydrogens (tertiary/aromatic N) is 4. The summed E-state index contributed by atoms with van der Waals surface area (Å²) in [5.74, 6) is -0.0239. The van der Waals surface area contributed by atoms with Crippen LogP contribution in [0.1, 0.15) is 37.7 Å². The van der Waals surface area contributed by atoms with E-state index in [0.717, 1.165) is 25.7 Å². The van der Waals surface area contributed by atoms with E-state index in [-0.39, 0.29) is 6.04 Å². The predicted octanol–water partition coefficient (Wildman–Crippen LogP) is 1.57. The van der Waals surface area contributed by atoms with Crippen molar-refractivity contribution in [2.75, 3.05) is 4.90 Å². The fourth-order valence-electron chi connectivity index (χ4n) is 3.59. The Bertz CT molecular complexity index is 569. The molecule has 20 heavy (non-hydrogen) atoms. The third-order valence-corrected chi connectivity index (χ3v) is 4.44. The van der Waals surface area contributed by atoms with E-state index in [1.165, 1.54) is 6.20 Å². The number of fused-ring (bicyclic) bond motifs is 1.